The molecule has 3 rings (SSSR count). The van der Waals surface area contributed by atoms with Crippen LogP contribution >= 0.6 is 0 Å². The Morgan fingerprint density at radius 1 is 1.05 bits per heavy atom. The van der Waals surface area contributed by atoms with E-state index in [0.717, 1.165) is 32.0 Å². The largest absolute Gasteiger partial charge is 0.492 e. The maximum atomic E-state index is 5.79. The minimum Gasteiger partial charge on any atom is -0.492 e. The van der Waals surface area contributed by atoms with Crippen LogP contribution in [0.15, 0.2) is 54.6 Å². The Balaban J connectivity index is 1.55. The fourth-order valence-electron chi connectivity index (χ4n) is 2.93. The third-order valence-corrected chi connectivity index (χ3v) is 3.93. The van der Waals surface area contributed by atoms with Crippen LogP contribution in [0, 0.1) is 0 Å². The van der Waals surface area contributed by atoms with Crippen LogP contribution in [0.2, 0.25) is 0 Å². The van der Waals surface area contributed by atoms with E-state index < -0.39 is 0 Å². The predicted octanol–water partition coefficient (Wildman–Crippen LogP) is 3.68. The minimum atomic E-state index is 0.608. The van der Waals surface area contributed by atoms with Crippen molar-refractivity contribution in [2.45, 2.75) is 19.4 Å². The van der Waals surface area contributed by atoms with Crippen LogP contribution in [-0.2, 0) is 6.54 Å². The Morgan fingerprint density at radius 2 is 1.80 bits per heavy atom. The summed E-state index contributed by atoms with van der Waals surface area (Å²) in [7, 11) is 0. The summed E-state index contributed by atoms with van der Waals surface area (Å²) in [5.41, 5.74) is 2.97. The molecule has 0 saturated carbocycles. The van der Waals surface area contributed by atoms with Crippen molar-refractivity contribution in [3.8, 4) is 5.75 Å². The molecule has 1 unspecified atom stereocenters. The summed E-state index contributed by atoms with van der Waals surface area (Å²) in [6, 6.07) is 18.8. The van der Waals surface area contributed by atoms with Gasteiger partial charge >= 0.3 is 0 Å². The van der Waals surface area contributed by atoms with Gasteiger partial charge in [-0.05, 0) is 29.2 Å². The van der Waals surface area contributed by atoms with Gasteiger partial charge in [-0.15, -0.1) is 0 Å². The summed E-state index contributed by atoms with van der Waals surface area (Å²) in [4.78, 5) is 2.48. The van der Waals surface area contributed by atoms with Crippen LogP contribution in [-0.4, -0.2) is 24.6 Å². The van der Waals surface area contributed by atoms with E-state index in [0.29, 0.717) is 5.92 Å². The summed E-state index contributed by atoms with van der Waals surface area (Å²) in [5, 5.41) is 0. The van der Waals surface area contributed by atoms with Crippen molar-refractivity contribution >= 4 is 0 Å². The highest BCUT2D eigenvalue weighted by Gasteiger charge is 2.21. The lowest BCUT2D eigenvalue weighted by Gasteiger charge is -2.32. The molecule has 2 heteroatoms. The van der Waals surface area contributed by atoms with E-state index in [1.54, 1.807) is 0 Å². The molecule has 1 atom stereocenters. The molecule has 0 radical (unpaired) electrons. The lowest BCUT2D eigenvalue weighted by Crippen LogP contribution is -2.35. The zero-order valence-electron chi connectivity index (χ0n) is 12.0. The Hall–Kier alpha value is -1.80. The highest BCUT2D eigenvalue weighted by Crippen LogP contribution is 2.27. The van der Waals surface area contributed by atoms with Gasteiger partial charge in [0.05, 0.1) is 0 Å². The van der Waals surface area contributed by atoms with Gasteiger partial charge in [-0.1, -0.05) is 49.4 Å². The van der Waals surface area contributed by atoms with E-state index >= 15 is 0 Å². The number of ether oxygens (including phenoxy) is 1. The normalized spacial score (nSPS) is 18.6. The van der Waals surface area contributed by atoms with Gasteiger partial charge in [0.25, 0.3) is 0 Å². The van der Waals surface area contributed by atoms with E-state index in [9.17, 15) is 0 Å². The molecule has 0 spiro atoms. The van der Waals surface area contributed by atoms with Crippen molar-refractivity contribution in [2.24, 2.45) is 0 Å². The molecule has 2 aromatic carbocycles. The van der Waals surface area contributed by atoms with Crippen molar-refractivity contribution in [1.82, 2.24) is 4.90 Å². The molecule has 20 heavy (non-hydrogen) atoms. The second kappa shape index (κ2) is 6.10. The average Bonchev–Trinajstić information content (AvgIpc) is 2.48. The molecule has 1 aliphatic rings. The molecular weight excluding hydrogens is 246 g/mol. The molecule has 0 bridgehead atoms. The smallest absolute Gasteiger partial charge is 0.119 e. The number of benzene rings is 2. The molecule has 104 valence electrons. The summed E-state index contributed by atoms with van der Waals surface area (Å²) in [5.74, 6) is 1.56. The number of rotatable bonds is 4. The molecule has 0 aliphatic carbocycles. The third kappa shape index (κ3) is 3.02. The van der Waals surface area contributed by atoms with Crippen molar-refractivity contribution < 1.29 is 4.74 Å². The quantitative estimate of drug-likeness (QED) is 0.837. The van der Waals surface area contributed by atoms with Gasteiger partial charge in [-0.25, -0.2) is 0 Å². The second-order valence-electron chi connectivity index (χ2n) is 5.50. The summed E-state index contributed by atoms with van der Waals surface area (Å²) >= 11 is 0. The number of nitrogens with zero attached hydrogens (tertiary/aromatic N) is 1. The maximum absolute atomic E-state index is 5.79. The van der Waals surface area contributed by atoms with Crippen molar-refractivity contribution in [2.75, 3.05) is 19.7 Å². The van der Waals surface area contributed by atoms with E-state index in [1.807, 2.05) is 30.3 Å². The van der Waals surface area contributed by atoms with Gasteiger partial charge in [0.15, 0.2) is 0 Å². The van der Waals surface area contributed by atoms with Gasteiger partial charge in [0, 0.05) is 19.6 Å². The lowest BCUT2D eigenvalue weighted by molar-refractivity contribution is 0.185. The molecule has 0 N–H and O–H groups in total. The topological polar surface area (TPSA) is 12.5 Å². The van der Waals surface area contributed by atoms with Crippen LogP contribution in [0.1, 0.15) is 24.0 Å². The van der Waals surface area contributed by atoms with Crippen molar-refractivity contribution in [3.63, 3.8) is 0 Å². The molecule has 2 nitrogen and oxygen atoms in total. The zero-order chi connectivity index (χ0) is 13.8. The maximum Gasteiger partial charge on any atom is 0.119 e. The van der Waals surface area contributed by atoms with E-state index in [-0.39, 0.29) is 0 Å². The SMILES string of the molecule is CC1CN(CCOc2ccccc2)Cc2ccccc21. The van der Waals surface area contributed by atoms with Crippen LogP contribution in [0.5, 0.6) is 5.75 Å². The van der Waals surface area contributed by atoms with Crippen molar-refractivity contribution in [3.05, 3.63) is 65.7 Å². The predicted molar refractivity (Wildman–Crippen MR) is 82.1 cm³/mol. The summed E-state index contributed by atoms with van der Waals surface area (Å²) in [6.45, 7) is 6.20. The summed E-state index contributed by atoms with van der Waals surface area (Å²) in [6.07, 6.45) is 0. The van der Waals surface area contributed by atoms with E-state index in [1.165, 1.54) is 11.1 Å². The molecule has 2 aromatic rings. The van der Waals surface area contributed by atoms with Crippen LogP contribution < -0.4 is 4.74 Å². The number of hydrogen-bond donors (Lipinski definition) is 0. The Labute approximate surface area is 121 Å². The van der Waals surface area contributed by atoms with Crippen LogP contribution in [0.25, 0.3) is 0 Å². The summed E-state index contributed by atoms with van der Waals surface area (Å²) < 4.78 is 5.79. The molecule has 0 fully saturated rings. The second-order valence-corrected chi connectivity index (χ2v) is 5.50. The Kier molecular flexibility index (Phi) is 4.03. The van der Waals surface area contributed by atoms with E-state index in [2.05, 4.69) is 36.1 Å². The molecular formula is C18H21NO. The van der Waals surface area contributed by atoms with Gasteiger partial charge in [-0.2, -0.15) is 0 Å². The van der Waals surface area contributed by atoms with Crippen LogP contribution in [0.4, 0.5) is 0 Å². The molecule has 1 aliphatic heterocycles. The first-order chi connectivity index (χ1) is 9.83. The third-order valence-electron chi connectivity index (χ3n) is 3.93. The average molecular weight is 267 g/mol. The zero-order valence-corrected chi connectivity index (χ0v) is 12.0. The highest BCUT2D eigenvalue weighted by molar-refractivity contribution is 5.32. The fourth-order valence-corrected chi connectivity index (χ4v) is 2.93. The molecule has 1 heterocycles. The molecule has 0 aromatic heterocycles. The highest BCUT2D eigenvalue weighted by atomic mass is 16.5. The van der Waals surface area contributed by atoms with E-state index in [4.69, 9.17) is 4.74 Å². The molecule has 0 amide bonds. The lowest BCUT2D eigenvalue weighted by atomic mass is 9.91. The first kappa shape index (κ1) is 13.2. The van der Waals surface area contributed by atoms with Crippen molar-refractivity contribution in [1.29, 1.82) is 0 Å². The van der Waals surface area contributed by atoms with Gasteiger partial charge in [0.1, 0.15) is 12.4 Å². The number of fused-ring (bicyclic) bond motifs is 1. The first-order valence-electron chi connectivity index (χ1n) is 7.31. The number of para-hydroxylation sites is 1. The Bertz CT molecular complexity index is 552. The molecule has 0 saturated heterocycles. The first-order valence-corrected chi connectivity index (χ1v) is 7.31. The number of hydrogen-bond acceptors (Lipinski definition) is 2. The minimum absolute atomic E-state index is 0.608. The van der Waals surface area contributed by atoms with Gasteiger partial charge in [0.2, 0.25) is 0 Å². The van der Waals surface area contributed by atoms with Crippen LogP contribution in [0.3, 0.4) is 0 Å². The van der Waals surface area contributed by atoms with Gasteiger partial charge < -0.3 is 4.74 Å². The fraction of sp³-hybridized carbons (Fsp3) is 0.333. The van der Waals surface area contributed by atoms with Gasteiger partial charge in [-0.3, -0.25) is 4.90 Å². The Morgan fingerprint density at radius 3 is 2.65 bits per heavy atom. The monoisotopic (exact) mass is 267 g/mol. The standard InChI is InChI=1S/C18H21NO/c1-15-13-19(14-16-7-5-6-10-18(15)16)11-12-20-17-8-3-2-4-9-17/h2-10,15H,11-14H2,1H3.